The Labute approximate surface area is 113 Å². The zero-order chi connectivity index (χ0) is 13.9. The quantitative estimate of drug-likeness (QED) is 0.804. The summed E-state index contributed by atoms with van der Waals surface area (Å²) < 4.78 is 5.49. The second-order valence-electron chi connectivity index (χ2n) is 5.23. The summed E-state index contributed by atoms with van der Waals surface area (Å²) in [4.78, 5) is 14.0. The molecule has 1 aliphatic rings. The lowest BCUT2D eigenvalue weighted by atomic mass is 9.95. The number of likely N-dealkylation sites (tertiary alicyclic amines) is 1. The lowest BCUT2D eigenvalue weighted by Crippen LogP contribution is -2.50. The van der Waals surface area contributed by atoms with E-state index >= 15 is 0 Å². The highest BCUT2D eigenvalue weighted by molar-refractivity contribution is 5.89. The van der Waals surface area contributed by atoms with Crippen molar-refractivity contribution in [1.29, 1.82) is 0 Å². The predicted molar refractivity (Wildman–Crippen MR) is 76.1 cm³/mol. The third-order valence-corrected chi connectivity index (χ3v) is 3.58. The van der Waals surface area contributed by atoms with E-state index in [0.717, 1.165) is 25.1 Å². The van der Waals surface area contributed by atoms with Gasteiger partial charge < -0.3 is 20.7 Å². The molecule has 2 amide bonds. The molecule has 5 nitrogen and oxygen atoms in total. The highest BCUT2D eigenvalue weighted by Gasteiger charge is 2.32. The molecule has 5 heteroatoms. The smallest absolute Gasteiger partial charge is 0.321 e. The van der Waals surface area contributed by atoms with E-state index in [0.29, 0.717) is 12.2 Å². The zero-order valence-corrected chi connectivity index (χ0v) is 11.5. The second kappa shape index (κ2) is 5.48. The van der Waals surface area contributed by atoms with Crippen LogP contribution in [0, 0.1) is 0 Å². The van der Waals surface area contributed by atoms with Crippen LogP contribution in [0.5, 0.6) is 0 Å². The van der Waals surface area contributed by atoms with Crippen LogP contribution in [0.4, 0.5) is 16.2 Å². The number of urea groups is 1. The van der Waals surface area contributed by atoms with Gasteiger partial charge in [-0.1, -0.05) is 6.07 Å². The number of hydrogen-bond donors (Lipinski definition) is 2. The van der Waals surface area contributed by atoms with Crippen molar-refractivity contribution in [2.24, 2.45) is 0 Å². The molecule has 3 N–H and O–H groups in total. The predicted octanol–water partition coefficient (Wildman–Crippen LogP) is 2.30. The first-order valence-corrected chi connectivity index (χ1v) is 6.49. The van der Waals surface area contributed by atoms with Gasteiger partial charge in [-0.3, -0.25) is 0 Å². The summed E-state index contributed by atoms with van der Waals surface area (Å²) in [6.45, 7) is 3.40. The van der Waals surface area contributed by atoms with Crippen LogP contribution in [-0.4, -0.2) is 36.7 Å². The molecule has 104 valence electrons. The van der Waals surface area contributed by atoms with Gasteiger partial charge in [0.1, 0.15) is 0 Å². The van der Waals surface area contributed by atoms with Gasteiger partial charge in [-0.2, -0.15) is 0 Å². The number of methoxy groups -OCH3 is 1. The van der Waals surface area contributed by atoms with Crippen LogP contribution in [0.15, 0.2) is 24.3 Å². The first-order valence-electron chi connectivity index (χ1n) is 6.49. The molecule has 1 heterocycles. The maximum atomic E-state index is 12.2. The highest BCUT2D eigenvalue weighted by atomic mass is 16.5. The molecule has 0 spiro atoms. The van der Waals surface area contributed by atoms with Gasteiger partial charge in [0.15, 0.2) is 0 Å². The fourth-order valence-electron chi connectivity index (χ4n) is 2.36. The van der Waals surface area contributed by atoms with Crippen LogP contribution < -0.4 is 11.1 Å². The van der Waals surface area contributed by atoms with Gasteiger partial charge in [0.25, 0.3) is 0 Å². The summed E-state index contributed by atoms with van der Waals surface area (Å²) >= 11 is 0. The summed E-state index contributed by atoms with van der Waals surface area (Å²) in [5, 5.41) is 2.87. The van der Waals surface area contributed by atoms with Crippen LogP contribution in [0.1, 0.15) is 19.8 Å². The molecule has 19 heavy (non-hydrogen) atoms. The van der Waals surface area contributed by atoms with Gasteiger partial charge in [-0.05, 0) is 38.0 Å². The Morgan fingerprint density at radius 1 is 1.53 bits per heavy atom. The number of nitrogens with zero attached hydrogens (tertiary/aromatic N) is 1. The van der Waals surface area contributed by atoms with E-state index in [9.17, 15) is 4.79 Å². The zero-order valence-electron chi connectivity index (χ0n) is 11.5. The number of ether oxygens (including phenoxy) is 1. The van der Waals surface area contributed by atoms with Crippen LogP contribution >= 0.6 is 0 Å². The SMILES string of the molecule is COC1(C)CCCN(C(=O)Nc2cccc(N)c2)C1. The number of carbonyl (C=O) groups is 1. The maximum absolute atomic E-state index is 12.2. The average molecular weight is 263 g/mol. The summed E-state index contributed by atoms with van der Waals surface area (Å²) in [5.74, 6) is 0. The number of nitrogens with two attached hydrogens (primary N) is 1. The summed E-state index contributed by atoms with van der Waals surface area (Å²) in [7, 11) is 1.69. The lowest BCUT2D eigenvalue weighted by Gasteiger charge is -2.39. The molecule has 1 aliphatic heterocycles. The minimum atomic E-state index is -0.245. The van der Waals surface area contributed by atoms with Crippen molar-refractivity contribution in [1.82, 2.24) is 4.90 Å². The summed E-state index contributed by atoms with van der Waals surface area (Å²) in [5.41, 5.74) is 6.80. The Balaban J connectivity index is 2.00. The fourth-order valence-corrected chi connectivity index (χ4v) is 2.36. The number of anilines is 2. The molecule has 0 aromatic heterocycles. The first-order chi connectivity index (χ1) is 9.02. The Kier molecular flexibility index (Phi) is 3.95. The van der Waals surface area contributed by atoms with Crippen molar-refractivity contribution in [3.8, 4) is 0 Å². The van der Waals surface area contributed by atoms with E-state index < -0.39 is 0 Å². The van der Waals surface area contributed by atoms with E-state index in [2.05, 4.69) is 5.32 Å². The Bertz CT molecular complexity index is 464. The van der Waals surface area contributed by atoms with Crippen molar-refractivity contribution < 1.29 is 9.53 Å². The molecule has 0 aliphatic carbocycles. The molecule has 0 radical (unpaired) electrons. The molecule has 1 saturated heterocycles. The van der Waals surface area contributed by atoms with E-state index in [1.165, 1.54) is 0 Å². The summed E-state index contributed by atoms with van der Waals surface area (Å²) in [6, 6.07) is 7.08. The van der Waals surface area contributed by atoms with Crippen molar-refractivity contribution in [2.75, 3.05) is 31.2 Å². The average Bonchev–Trinajstić information content (AvgIpc) is 2.39. The van der Waals surface area contributed by atoms with Crippen molar-refractivity contribution in [3.63, 3.8) is 0 Å². The molecular formula is C14H21N3O2. The number of benzene rings is 1. The van der Waals surface area contributed by atoms with Crippen LogP contribution in [-0.2, 0) is 4.74 Å². The molecule has 1 atom stereocenters. The summed E-state index contributed by atoms with van der Waals surface area (Å²) in [6.07, 6.45) is 1.93. The third kappa shape index (κ3) is 3.38. The van der Waals surface area contributed by atoms with Gasteiger partial charge in [-0.15, -0.1) is 0 Å². The maximum Gasteiger partial charge on any atom is 0.321 e. The molecule has 0 bridgehead atoms. The largest absolute Gasteiger partial charge is 0.399 e. The molecule has 1 unspecified atom stereocenters. The standard InChI is InChI=1S/C14H21N3O2/c1-14(19-2)7-4-8-17(10-14)13(18)16-12-6-3-5-11(15)9-12/h3,5-6,9H,4,7-8,10,15H2,1-2H3,(H,16,18). The number of rotatable bonds is 2. The van der Waals surface area contributed by atoms with Gasteiger partial charge >= 0.3 is 6.03 Å². The molecule has 1 aromatic rings. The number of piperidine rings is 1. The number of amides is 2. The number of nitrogens with one attached hydrogen (secondary N) is 1. The fraction of sp³-hybridized carbons (Fsp3) is 0.500. The molecule has 1 aromatic carbocycles. The van der Waals surface area contributed by atoms with Crippen molar-refractivity contribution in [2.45, 2.75) is 25.4 Å². The number of carbonyl (C=O) groups excluding carboxylic acids is 1. The van der Waals surface area contributed by atoms with E-state index in [4.69, 9.17) is 10.5 Å². The lowest BCUT2D eigenvalue weighted by molar-refractivity contribution is -0.0389. The van der Waals surface area contributed by atoms with Crippen LogP contribution in [0.25, 0.3) is 0 Å². The van der Waals surface area contributed by atoms with E-state index in [1.807, 2.05) is 19.1 Å². The topological polar surface area (TPSA) is 67.6 Å². The Morgan fingerprint density at radius 2 is 2.32 bits per heavy atom. The van der Waals surface area contributed by atoms with Crippen LogP contribution in [0.3, 0.4) is 0 Å². The van der Waals surface area contributed by atoms with E-state index in [1.54, 1.807) is 24.1 Å². The monoisotopic (exact) mass is 263 g/mol. The van der Waals surface area contributed by atoms with Crippen molar-refractivity contribution in [3.05, 3.63) is 24.3 Å². The Morgan fingerprint density at radius 3 is 3.00 bits per heavy atom. The minimum absolute atomic E-state index is 0.103. The Hall–Kier alpha value is -1.75. The minimum Gasteiger partial charge on any atom is -0.399 e. The van der Waals surface area contributed by atoms with Gasteiger partial charge in [0.05, 0.1) is 12.1 Å². The first kappa shape index (κ1) is 13.7. The molecular weight excluding hydrogens is 242 g/mol. The molecule has 0 saturated carbocycles. The highest BCUT2D eigenvalue weighted by Crippen LogP contribution is 2.24. The van der Waals surface area contributed by atoms with Crippen LogP contribution in [0.2, 0.25) is 0 Å². The van der Waals surface area contributed by atoms with Gasteiger partial charge in [0.2, 0.25) is 0 Å². The second-order valence-corrected chi connectivity index (χ2v) is 5.23. The molecule has 1 fully saturated rings. The molecule has 2 rings (SSSR count). The van der Waals surface area contributed by atoms with E-state index in [-0.39, 0.29) is 11.6 Å². The normalized spacial score (nSPS) is 23.2. The number of nitrogen functional groups attached to an aromatic ring is 1. The third-order valence-electron chi connectivity index (χ3n) is 3.58. The van der Waals surface area contributed by atoms with Gasteiger partial charge in [0, 0.05) is 25.0 Å². The number of hydrogen-bond acceptors (Lipinski definition) is 3. The van der Waals surface area contributed by atoms with Crippen molar-refractivity contribution >= 4 is 17.4 Å². The van der Waals surface area contributed by atoms with Gasteiger partial charge in [-0.25, -0.2) is 4.79 Å².